The number of aliphatic hydroxyl groups excluding tert-OH is 1. The van der Waals surface area contributed by atoms with Gasteiger partial charge >= 0.3 is 0 Å². The molecule has 1 unspecified atom stereocenters. The van der Waals surface area contributed by atoms with E-state index in [1.54, 1.807) is 19.2 Å². The van der Waals surface area contributed by atoms with Crippen LogP contribution in [0.4, 0.5) is 0 Å². The molecule has 32 heavy (non-hydrogen) atoms. The van der Waals surface area contributed by atoms with Crippen LogP contribution in [0.3, 0.4) is 0 Å². The summed E-state index contributed by atoms with van der Waals surface area (Å²) in [6, 6.07) is 11.9. The van der Waals surface area contributed by atoms with E-state index in [0.717, 1.165) is 10.0 Å². The number of rotatable bonds is 8. The first-order valence-electron chi connectivity index (χ1n) is 10.6. The number of ether oxygens (including phenoxy) is 2. The Morgan fingerprint density at radius 3 is 2.56 bits per heavy atom. The normalized spacial score (nSPS) is 17.9. The van der Waals surface area contributed by atoms with Crippen molar-refractivity contribution in [3.8, 4) is 5.75 Å². The molecule has 0 radical (unpaired) electrons. The van der Waals surface area contributed by atoms with Crippen LogP contribution in [0.5, 0.6) is 5.75 Å². The van der Waals surface area contributed by atoms with Gasteiger partial charge in [0.05, 0.1) is 17.7 Å². The number of hydrogen-bond donors (Lipinski definition) is 1. The highest BCUT2D eigenvalue weighted by Gasteiger charge is 2.46. The lowest BCUT2D eigenvalue weighted by molar-refractivity contribution is -0.140. The lowest BCUT2D eigenvalue weighted by Crippen LogP contribution is -2.31. The molecule has 1 fully saturated rings. The van der Waals surface area contributed by atoms with Crippen LogP contribution in [0.1, 0.15) is 43.0 Å². The van der Waals surface area contributed by atoms with E-state index in [-0.39, 0.29) is 17.4 Å². The van der Waals surface area contributed by atoms with Crippen LogP contribution in [-0.4, -0.2) is 48.1 Å². The number of carbonyl (C=O) groups excluding carboxylic acids is 2. The second-order valence-corrected chi connectivity index (χ2v) is 8.86. The van der Waals surface area contributed by atoms with Crippen molar-refractivity contribution in [3.05, 3.63) is 69.2 Å². The molecule has 1 atom stereocenters. The smallest absolute Gasteiger partial charge is 0.295 e. The van der Waals surface area contributed by atoms with Gasteiger partial charge in [-0.3, -0.25) is 9.59 Å². The molecule has 0 aromatic heterocycles. The van der Waals surface area contributed by atoms with E-state index in [0.29, 0.717) is 36.4 Å². The number of amides is 1. The largest absolute Gasteiger partial charge is 0.507 e. The molecule has 0 bridgehead atoms. The van der Waals surface area contributed by atoms with E-state index in [1.807, 2.05) is 51.1 Å². The highest BCUT2D eigenvalue weighted by Crippen LogP contribution is 2.43. The molecule has 1 N–H and O–H groups in total. The Labute approximate surface area is 197 Å². The maximum absolute atomic E-state index is 13.1. The Kier molecular flexibility index (Phi) is 7.74. The summed E-state index contributed by atoms with van der Waals surface area (Å²) in [5, 5.41) is 11.2. The number of aliphatic hydroxyl groups is 1. The minimum absolute atomic E-state index is 0.0638. The number of methoxy groups -OCH3 is 1. The van der Waals surface area contributed by atoms with E-state index >= 15 is 0 Å². The molecular formula is C25H28BrNO5. The second kappa shape index (κ2) is 10.3. The zero-order valence-corrected chi connectivity index (χ0v) is 20.3. The maximum Gasteiger partial charge on any atom is 0.295 e. The first kappa shape index (κ1) is 24.0. The van der Waals surface area contributed by atoms with Crippen molar-refractivity contribution in [1.82, 2.24) is 4.90 Å². The van der Waals surface area contributed by atoms with Gasteiger partial charge in [-0.05, 0) is 51.0 Å². The molecule has 3 rings (SSSR count). The third kappa shape index (κ3) is 4.89. The number of carbonyl (C=O) groups is 2. The zero-order valence-electron chi connectivity index (χ0n) is 18.7. The van der Waals surface area contributed by atoms with Crippen molar-refractivity contribution in [1.29, 1.82) is 0 Å². The summed E-state index contributed by atoms with van der Waals surface area (Å²) in [4.78, 5) is 27.7. The molecule has 1 heterocycles. The number of halogens is 1. The summed E-state index contributed by atoms with van der Waals surface area (Å²) in [5.41, 5.74) is 2.11. The van der Waals surface area contributed by atoms with Crippen molar-refractivity contribution in [3.63, 3.8) is 0 Å². The zero-order chi connectivity index (χ0) is 23.4. The van der Waals surface area contributed by atoms with Crippen LogP contribution >= 0.6 is 15.9 Å². The quantitative estimate of drug-likeness (QED) is 0.238. The average molecular weight is 502 g/mol. The monoisotopic (exact) mass is 501 g/mol. The number of aryl methyl sites for hydroxylation is 1. The highest BCUT2D eigenvalue weighted by atomic mass is 79.9. The number of nitrogens with zero attached hydrogens (tertiary/aromatic N) is 1. The van der Waals surface area contributed by atoms with Gasteiger partial charge in [0.1, 0.15) is 11.5 Å². The summed E-state index contributed by atoms with van der Waals surface area (Å²) in [6.07, 6.45) is 0.464. The molecule has 6 nitrogen and oxygen atoms in total. The molecule has 2 aromatic carbocycles. The van der Waals surface area contributed by atoms with Crippen molar-refractivity contribution >= 4 is 33.4 Å². The van der Waals surface area contributed by atoms with E-state index in [1.165, 1.54) is 4.90 Å². The lowest BCUT2D eigenvalue weighted by atomic mass is 9.94. The Morgan fingerprint density at radius 2 is 1.91 bits per heavy atom. The third-order valence-corrected chi connectivity index (χ3v) is 6.18. The molecule has 2 aromatic rings. The Bertz CT molecular complexity index is 1050. The summed E-state index contributed by atoms with van der Waals surface area (Å²) in [6.45, 7) is 6.49. The van der Waals surface area contributed by atoms with Crippen molar-refractivity contribution in [2.75, 3.05) is 20.3 Å². The molecule has 1 amide bonds. The standard InChI is InChI=1S/C25H28BrNO5/c1-15(2)32-20-9-6-5-8-18(20)22-21(23(28)17-10-11-19(26)16(3)14-17)24(29)25(30)27(22)12-7-13-31-4/h5-6,8-11,14-15,22,28H,7,12-13H2,1-4H3/b23-21-. The maximum atomic E-state index is 13.1. The Morgan fingerprint density at radius 1 is 1.19 bits per heavy atom. The van der Waals surface area contributed by atoms with Gasteiger partial charge in [-0.1, -0.05) is 40.2 Å². The van der Waals surface area contributed by atoms with E-state index < -0.39 is 17.7 Å². The first-order chi connectivity index (χ1) is 15.3. The molecule has 7 heteroatoms. The SMILES string of the molecule is COCCCN1C(=O)C(=O)/C(=C(\O)c2ccc(Br)c(C)c2)C1c1ccccc1OC(C)C. The number of Topliss-reactive ketones (excluding diaryl/α,β-unsaturated/α-hetero) is 1. The van der Waals surface area contributed by atoms with Crippen molar-refractivity contribution < 1.29 is 24.2 Å². The van der Waals surface area contributed by atoms with Crippen LogP contribution in [0, 0.1) is 6.92 Å². The van der Waals surface area contributed by atoms with Gasteiger partial charge in [0, 0.05) is 35.9 Å². The van der Waals surface area contributed by atoms with Crippen LogP contribution in [0.25, 0.3) is 5.76 Å². The van der Waals surface area contributed by atoms with E-state index in [9.17, 15) is 14.7 Å². The van der Waals surface area contributed by atoms with Gasteiger partial charge in [-0.2, -0.15) is 0 Å². The lowest BCUT2D eigenvalue weighted by Gasteiger charge is -2.27. The van der Waals surface area contributed by atoms with Crippen LogP contribution in [-0.2, 0) is 14.3 Å². The number of benzene rings is 2. The fourth-order valence-corrected chi connectivity index (χ4v) is 4.08. The summed E-state index contributed by atoms with van der Waals surface area (Å²) >= 11 is 3.45. The molecule has 0 spiro atoms. The van der Waals surface area contributed by atoms with Gasteiger partial charge in [-0.25, -0.2) is 0 Å². The van der Waals surface area contributed by atoms with Gasteiger partial charge in [0.2, 0.25) is 0 Å². The molecular weight excluding hydrogens is 474 g/mol. The number of likely N-dealkylation sites (tertiary alicyclic amines) is 1. The second-order valence-electron chi connectivity index (χ2n) is 8.01. The summed E-state index contributed by atoms with van der Waals surface area (Å²) < 4.78 is 12.0. The molecule has 1 aliphatic heterocycles. The third-order valence-electron chi connectivity index (χ3n) is 5.30. The van der Waals surface area contributed by atoms with Crippen LogP contribution in [0.2, 0.25) is 0 Å². The first-order valence-corrected chi connectivity index (χ1v) is 11.3. The summed E-state index contributed by atoms with van der Waals surface area (Å²) in [5.74, 6) is -0.966. The van der Waals surface area contributed by atoms with Gasteiger partial charge in [0.15, 0.2) is 0 Å². The highest BCUT2D eigenvalue weighted by molar-refractivity contribution is 9.10. The fourth-order valence-electron chi connectivity index (χ4n) is 3.83. The van der Waals surface area contributed by atoms with Gasteiger partial charge < -0.3 is 19.5 Å². The number of hydrogen-bond acceptors (Lipinski definition) is 5. The minimum atomic E-state index is -0.759. The molecule has 0 aliphatic carbocycles. The number of ketones is 1. The van der Waals surface area contributed by atoms with Crippen molar-refractivity contribution in [2.24, 2.45) is 0 Å². The van der Waals surface area contributed by atoms with Gasteiger partial charge in [-0.15, -0.1) is 0 Å². The molecule has 170 valence electrons. The van der Waals surface area contributed by atoms with Crippen LogP contribution < -0.4 is 4.74 Å². The summed E-state index contributed by atoms with van der Waals surface area (Å²) in [7, 11) is 1.59. The van der Waals surface area contributed by atoms with E-state index in [2.05, 4.69) is 15.9 Å². The average Bonchev–Trinajstić information content (AvgIpc) is 3.00. The minimum Gasteiger partial charge on any atom is -0.507 e. The molecule has 1 saturated heterocycles. The predicted molar refractivity (Wildman–Crippen MR) is 127 cm³/mol. The topological polar surface area (TPSA) is 76.1 Å². The van der Waals surface area contributed by atoms with Gasteiger partial charge in [0.25, 0.3) is 11.7 Å². The fraction of sp³-hybridized carbons (Fsp3) is 0.360. The number of para-hydroxylation sites is 1. The van der Waals surface area contributed by atoms with Crippen LogP contribution in [0.15, 0.2) is 52.5 Å². The molecule has 0 saturated carbocycles. The molecule has 1 aliphatic rings. The predicted octanol–water partition coefficient (Wildman–Crippen LogP) is 5.00. The van der Waals surface area contributed by atoms with E-state index in [4.69, 9.17) is 9.47 Å². The van der Waals surface area contributed by atoms with Crippen molar-refractivity contribution in [2.45, 2.75) is 39.3 Å². The Hall–Kier alpha value is -2.64. The Balaban J connectivity index is 2.19.